The molecule has 2 aromatic rings. The van der Waals surface area contributed by atoms with Crippen LogP contribution in [0.4, 0.5) is 0 Å². The highest BCUT2D eigenvalue weighted by Crippen LogP contribution is 2.41. The third-order valence-corrected chi connectivity index (χ3v) is 7.74. The molecule has 154 valence electrons. The highest BCUT2D eigenvalue weighted by atomic mass is 32.2. The maximum atomic E-state index is 2.48. The van der Waals surface area contributed by atoms with E-state index in [4.69, 9.17) is 0 Å². The summed E-state index contributed by atoms with van der Waals surface area (Å²) in [5.74, 6) is 0. The molecule has 0 N–H and O–H groups in total. The number of allylic oxidation sites excluding steroid dienone is 8. The molecule has 0 radical (unpaired) electrons. The van der Waals surface area contributed by atoms with Gasteiger partial charge in [-0.15, -0.1) is 0 Å². The predicted octanol–water partition coefficient (Wildman–Crippen LogP) is 6.67. The molecule has 2 nitrogen and oxygen atoms in total. The number of aromatic nitrogens is 1. The maximum Gasteiger partial charge on any atom is 0.262 e. The van der Waals surface area contributed by atoms with E-state index in [1.54, 1.807) is 0 Å². The monoisotopic (exact) mass is 433 g/mol. The quantitative estimate of drug-likeness (QED) is 0.371. The molecule has 1 aliphatic carbocycles. The second kappa shape index (κ2) is 9.67. The van der Waals surface area contributed by atoms with E-state index < -0.39 is 0 Å². The fraction of sp³-hybridized carbons (Fsp3) is 0.269. The van der Waals surface area contributed by atoms with Crippen molar-refractivity contribution in [3.63, 3.8) is 0 Å². The number of rotatable bonds is 6. The Balaban J connectivity index is 1.41. The van der Waals surface area contributed by atoms with Crippen molar-refractivity contribution < 1.29 is 4.57 Å². The molecule has 0 spiro atoms. The summed E-state index contributed by atoms with van der Waals surface area (Å²) in [6.07, 6.45) is 24.0. The minimum Gasteiger partial charge on any atom is -0.359 e. The summed E-state index contributed by atoms with van der Waals surface area (Å²) >= 11 is 3.80. The molecule has 1 aromatic heterocycles. The fourth-order valence-corrected chi connectivity index (χ4v) is 6.52. The molecule has 4 heteroatoms. The molecule has 1 aliphatic heterocycles. The zero-order valence-electron chi connectivity index (χ0n) is 17.8. The standard InChI is InChI=1S/C26H29N2S2/c1-4-27-21-14-10-12-16-23(21)29-25(27)18-8-6-5-7-9-19-26-28(20(2)3)22-15-11-13-17-24(22)30-26/h5-21,23H,4H2,1-3H3/q+1. The van der Waals surface area contributed by atoms with E-state index in [1.165, 1.54) is 20.3 Å². The first-order valence-corrected chi connectivity index (χ1v) is 12.3. The molecule has 2 aliphatic rings. The molecule has 1 saturated heterocycles. The normalized spacial score (nSPS) is 22.8. The minimum atomic E-state index is 0.440. The summed E-state index contributed by atoms with van der Waals surface area (Å²) in [6, 6.07) is 9.57. The average Bonchev–Trinajstić information content (AvgIpc) is 3.30. The number of para-hydroxylation sites is 1. The molecule has 30 heavy (non-hydrogen) atoms. The van der Waals surface area contributed by atoms with E-state index in [9.17, 15) is 0 Å². The molecule has 1 aromatic carbocycles. The summed E-state index contributed by atoms with van der Waals surface area (Å²) in [6.45, 7) is 7.75. The Morgan fingerprint density at radius 2 is 1.80 bits per heavy atom. The lowest BCUT2D eigenvalue weighted by atomic mass is 10.1. The number of likely N-dealkylation sites (N-methyl/N-ethyl adjacent to an activating group) is 1. The van der Waals surface area contributed by atoms with Gasteiger partial charge >= 0.3 is 0 Å². The van der Waals surface area contributed by atoms with E-state index in [-0.39, 0.29) is 0 Å². The molecule has 0 amide bonds. The van der Waals surface area contributed by atoms with Gasteiger partial charge < -0.3 is 4.90 Å². The van der Waals surface area contributed by atoms with Gasteiger partial charge in [0.15, 0.2) is 6.04 Å². The Labute approximate surface area is 188 Å². The van der Waals surface area contributed by atoms with Gasteiger partial charge in [0.2, 0.25) is 5.52 Å². The van der Waals surface area contributed by atoms with Gasteiger partial charge in [-0.2, -0.15) is 4.57 Å². The van der Waals surface area contributed by atoms with Gasteiger partial charge in [-0.25, -0.2) is 0 Å². The Hall–Kier alpha value is -2.30. The second-order valence-corrected chi connectivity index (χ2v) is 9.90. The van der Waals surface area contributed by atoms with Crippen LogP contribution < -0.4 is 4.57 Å². The second-order valence-electron chi connectivity index (χ2n) is 7.63. The fourth-order valence-electron chi connectivity index (χ4n) is 3.96. The van der Waals surface area contributed by atoms with Gasteiger partial charge in [0.1, 0.15) is 4.70 Å². The van der Waals surface area contributed by atoms with Gasteiger partial charge in [0, 0.05) is 18.7 Å². The van der Waals surface area contributed by atoms with Crippen molar-refractivity contribution in [2.24, 2.45) is 0 Å². The molecule has 2 atom stereocenters. The predicted molar refractivity (Wildman–Crippen MR) is 134 cm³/mol. The minimum absolute atomic E-state index is 0.440. The smallest absolute Gasteiger partial charge is 0.262 e. The first-order chi connectivity index (χ1) is 14.7. The molecular formula is C26H29N2S2+. The Bertz CT molecular complexity index is 1070. The van der Waals surface area contributed by atoms with E-state index in [2.05, 4.69) is 121 Å². The van der Waals surface area contributed by atoms with Gasteiger partial charge in [-0.3, -0.25) is 0 Å². The summed E-state index contributed by atoms with van der Waals surface area (Å²) < 4.78 is 3.74. The first kappa shape index (κ1) is 21.0. The Morgan fingerprint density at radius 1 is 1.03 bits per heavy atom. The summed E-state index contributed by atoms with van der Waals surface area (Å²) in [5.41, 5.74) is 1.31. The van der Waals surface area contributed by atoms with Crippen LogP contribution in [-0.4, -0.2) is 22.7 Å². The van der Waals surface area contributed by atoms with Gasteiger partial charge in [0.05, 0.1) is 16.3 Å². The van der Waals surface area contributed by atoms with Crippen LogP contribution in [-0.2, 0) is 0 Å². The summed E-state index contributed by atoms with van der Waals surface area (Å²) in [5, 5.41) is 3.18. The van der Waals surface area contributed by atoms with Crippen LogP contribution in [0, 0.1) is 0 Å². The average molecular weight is 434 g/mol. The third kappa shape index (κ3) is 4.40. The largest absolute Gasteiger partial charge is 0.359 e. The van der Waals surface area contributed by atoms with Crippen molar-refractivity contribution in [3.05, 3.63) is 95.1 Å². The molecular weight excluding hydrogens is 404 g/mol. The number of thiazole rings is 1. The molecule has 4 rings (SSSR count). The highest BCUT2D eigenvalue weighted by Gasteiger charge is 2.34. The van der Waals surface area contributed by atoms with Crippen LogP contribution in [0.2, 0.25) is 0 Å². The summed E-state index contributed by atoms with van der Waals surface area (Å²) in [7, 11) is 0. The zero-order valence-corrected chi connectivity index (χ0v) is 19.4. The van der Waals surface area contributed by atoms with Gasteiger partial charge in [-0.05, 0) is 32.9 Å². The molecule has 2 heterocycles. The summed E-state index contributed by atoms with van der Waals surface area (Å²) in [4.78, 5) is 2.48. The first-order valence-electron chi connectivity index (χ1n) is 10.6. The van der Waals surface area contributed by atoms with E-state index >= 15 is 0 Å². The van der Waals surface area contributed by atoms with Crippen molar-refractivity contribution >= 4 is 39.4 Å². The van der Waals surface area contributed by atoms with Crippen LogP contribution in [0.3, 0.4) is 0 Å². The zero-order chi connectivity index (χ0) is 20.9. The van der Waals surface area contributed by atoms with Crippen molar-refractivity contribution in [3.8, 4) is 0 Å². The van der Waals surface area contributed by atoms with Crippen molar-refractivity contribution in [1.82, 2.24) is 4.90 Å². The van der Waals surface area contributed by atoms with Crippen LogP contribution in [0.15, 0.2) is 90.1 Å². The number of benzene rings is 1. The number of hydrogen-bond donors (Lipinski definition) is 0. The van der Waals surface area contributed by atoms with E-state index in [1.807, 2.05) is 23.1 Å². The third-order valence-electron chi connectivity index (χ3n) is 5.31. The van der Waals surface area contributed by atoms with Crippen molar-refractivity contribution in [2.75, 3.05) is 6.54 Å². The van der Waals surface area contributed by atoms with Crippen molar-refractivity contribution in [2.45, 2.75) is 38.1 Å². The molecule has 0 bridgehead atoms. The van der Waals surface area contributed by atoms with Crippen LogP contribution in [0.1, 0.15) is 31.8 Å². The molecule has 2 unspecified atom stereocenters. The highest BCUT2D eigenvalue weighted by molar-refractivity contribution is 8.04. The van der Waals surface area contributed by atoms with E-state index in [0.717, 1.165) is 6.54 Å². The topological polar surface area (TPSA) is 7.12 Å². The van der Waals surface area contributed by atoms with Gasteiger partial charge in [0.25, 0.3) is 5.01 Å². The van der Waals surface area contributed by atoms with Gasteiger partial charge in [-0.1, -0.05) is 89.9 Å². The van der Waals surface area contributed by atoms with Crippen LogP contribution in [0.5, 0.6) is 0 Å². The molecule has 1 fully saturated rings. The van der Waals surface area contributed by atoms with Crippen molar-refractivity contribution in [1.29, 1.82) is 0 Å². The number of nitrogens with zero attached hydrogens (tertiary/aromatic N) is 2. The maximum absolute atomic E-state index is 2.48. The Kier molecular flexibility index (Phi) is 6.76. The number of hydrogen-bond acceptors (Lipinski definition) is 3. The molecule has 0 saturated carbocycles. The van der Waals surface area contributed by atoms with E-state index in [0.29, 0.717) is 17.3 Å². The Morgan fingerprint density at radius 3 is 2.63 bits per heavy atom. The lowest BCUT2D eigenvalue weighted by Gasteiger charge is -2.25. The number of thioether (sulfide) groups is 1. The lowest BCUT2D eigenvalue weighted by Crippen LogP contribution is -2.37. The SMILES string of the molecule is CCN1C(=CC=CC=CC=Cc2sc3ccccc3[n+]2C(C)C)SC2C=CC=CC21. The van der Waals surface area contributed by atoms with Crippen LogP contribution in [0.25, 0.3) is 16.3 Å². The lowest BCUT2D eigenvalue weighted by molar-refractivity contribution is -0.688. The van der Waals surface area contributed by atoms with Crippen LogP contribution >= 0.6 is 23.1 Å². The number of fused-ring (bicyclic) bond motifs is 2.